The smallest absolute Gasteiger partial charge is 0.306 e. The van der Waals surface area contributed by atoms with E-state index in [2.05, 4.69) is 0 Å². The molecule has 2 fully saturated rings. The highest BCUT2D eigenvalue weighted by Gasteiger charge is 2.32. The molecule has 1 amide bonds. The SMILES string of the molecule is CCOC(=O)CCC(=O)N1CC[C@H]2CCCC[C@@H]2C1. The lowest BCUT2D eigenvalue weighted by molar-refractivity contribution is -0.146. The maximum absolute atomic E-state index is 12.1. The minimum Gasteiger partial charge on any atom is -0.466 e. The van der Waals surface area contributed by atoms with Crippen molar-refractivity contribution >= 4 is 11.9 Å². The van der Waals surface area contributed by atoms with Crippen molar-refractivity contribution in [3.63, 3.8) is 0 Å². The van der Waals surface area contributed by atoms with E-state index in [4.69, 9.17) is 4.74 Å². The summed E-state index contributed by atoms with van der Waals surface area (Å²) in [7, 11) is 0. The summed E-state index contributed by atoms with van der Waals surface area (Å²) < 4.78 is 4.86. The third-order valence-electron chi connectivity index (χ3n) is 4.49. The molecule has 0 aromatic heterocycles. The average molecular weight is 267 g/mol. The number of carbonyl (C=O) groups is 2. The summed E-state index contributed by atoms with van der Waals surface area (Å²) in [6.45, 7) is 3.96. The van der Waals surface area contributed by atoms with Gasteiger partial charge in [-0.2, -0.15) is 0 Å². The molecule has 2 rings (SSSR count). The highest BCUT2D eigenvalue weighted by molar-refractivity contribution is 5.81. The Morgan fingerprint density at radius 3 is 2.58 bits per heavy atom. The maximum Gasteiger partial charge on any atom is 0.306 e. The summed E-state index contributed by atoms with van der Waals surface area (Å²) in [5.41, 5.74) is 0. The lowest BCUT2D eigenvalue weighted by Gasteiger charge is -2.41. The molecule has 1 aliphatic heterocycles. The molecule has 1 aliphatic carbocycles. The van der Waals surface area contributed by atoms with Crippen LogP contribution in [0.2, 0.25) is 0 Å². The summed E-state index contributed by atoms with van der Waals surface area (Å²) in [5, 5.41) is 0. The van der Waals surface area contributed by atoms with Gasteiger partial charge in [0.25, 0.3) is 0 Å². The Bertz CT molecular complexity index is 329. The van der Waals surface area contributed by atoms with Crippen LogP contribution in [0.15, 0.2) is 0 Å². The minimum atomic E-state index is -0.261. The van der Waals surface area contributed by atoms with Gasteiger partial charge in [-0.25, -0.2) is 0 Å². The van der Waals surface area contributed by atoms with E-state index in [0.717, 1.165) is 25.4 Å². The number of carbonyl (C=O) groups excluding carboxylic acids is 2. The first-order valence-corrected chi connectivity index (χ1v) is 7.64. The number of esters is 1. The van der Waals surface area contributed by atoms with Gasteiger partial charge < -0.3 is 9.64 Å². The van der Waals surface area contributed by atoms with Crippen molar-refractivity contribution < 1.29 is 14.3 Å². The first kappa shape index (κ1) is 14.4. The van der Waals surface area contributed by atoms with Crippen LogP contribution in [-0.4, -0.2) is 36.5 Å². The molecule has 0 spiro atoms. The van der Waals surface area contributed by atoms with Crippen LogP contribution in [0.5, 0.6) is 0 Å². The van der Waals surface area contributed by atoms with E-state index in [0.29, 0.717) is 18.9 Å². The van der Waals surface area contributed by atoms with E-state index >= 15 is 0 Å². The summed E-state index contributed by atoms with van der Waals surface area (Å²) >= 11 is 0. The van der Waals surface area contributed by atoms with Crippen LogP contribution in [0, 0.1) is 11.8 Å². The Hall–Kier alpha value is -1.06. The van der Waals surface area contributed by atoms with Gasteiger partial charge in [-0.3, -0.25) is 9.59 Å². The predicted molar refractivity (Wildman–Crippen MR) is 72.5 cm³/mol. The Labute approximate surface area is 115 Å². The number of piperidine rings is 1. The summed E-state index contributed by atoms with van der Waals surface area (Å²) in [6.07, 6.45) is 6.95. The van der Waals surface area contributed by atoms with Gasteiger partial charge in [0, 0.05) is 19.5 Å². The Morgan fingerprint density at radius 2 is 1.84 bits per heavy atom. The minimum absolute atomic E-state index is 0.122. The van der Waals surface area contributed by atoms with Crippen molar-refractivity contribution in [2.24, 2.45) is 11.8 Å². The third-order valence-corrected chi connectivity index (χ3v) is 4.49. The van der Waals surface area contributed by atoms with Gasteiger partial charge in [0.15, 0.2) is 0 Å². The second-order valence-electron chi connectivity index (χ2n) is 5.74. The van der Waals surface area contributed by atoms with Crippen molar-refractivity contribution in [2.75, 3.05) is 19.7 Å². The van der Waals surface area contributed by atoms with E-state index in [1.165, 1.54) is 25.7 Å². The van der Waals surface area contributed by atoms with E-state index in [1.807, 2.05) is 4.90 Å². The fraction of sp³-hybridized carbons (Fsp3) is 0.867. The number of rotatable bonds is 4. The monoisotopic (exact) mass is 267 g/mol. The van der Waals surface area contributed by atoms with Gasteiger partial charge in [-0.15, -0.1) is 0 Å². The Morgan fingerprint density at radius 1 is 1.11 bits per heavy atom. The van der Waals surface area contributed by atoms with Crippen molar-refractivity contribution in [1.82, 2.24) is 4.90 Å². The molecule has 0 bridgehead atoms. The molecule has 1 heterocycles. The Balaban J connectivity index is 1.75. The van der Waals surface area contributed by atoms with Crippen molar-refractivity contribution in [3.05, 3.63) is 0 Å². The maximum atomic E-state index is 12.1. The fourth-order valence-electron chi connectivity index (χ4n) is 3.43. The quantitative estimate of drug-likeness (QED) is 0.735. The molecule has 19 heavy (non-hydrogen) atoms. The summed E-state index contributed by atoms with van der Waals surface area (Å²) in [5.74, 6) is 1.40. The van der Waals surface area contributed by atoms with Crippen LogP contribution in [0.25, 0.3) is 0 Å². The second-order valence-corrected chi connectivity index (χ2v) is 5.74. The lowest BCUT2D eigenvalue weighted by Crippen LogP contribution is -2.44. The molecule has 108 valence electrons. The first-order chi connectivity index (χ1) is 9.20. The molecule has 0 radical (unpaired) electrons. The zero-order chi connectivity index (χ0) is 13.7. The first-order valence-electron chi connectivity index (χ1n) is 7.64. The van der Waals surface area contributed by atoms with E-state index in [9.17, 15) is 9.59 Å². The van der Waals surface area contributed by atoms with E-state index in [-0.39, 0.29) is 18.3 Å². The number of nitrogens with zero attached hydrogens (tertiary/aromatic N) is 1. The summed E-state index contributed by atoms with van der Waals surface area (Å²) in [4.78, 5) is 25.3. The third kappa shape index (κ3) is 3.95. The molecule has 4 heteroatoms. The molecule has 1 saturated heterocycles. The molecular weight excluding hydrogens is 242 g/mol. The molecular formula is C15H25NO3. The molecule has 4 nitrogen and oxygen atoms in total. The molecule has 0 aromatic rings. The molecule has 0 N–H and O–H groups in total. The van der Waals surface area contributed by atoms with Gasteiger partial charge in [-0.05, 0) is 31.6 Å². The van der Waals surface area contributed by atoms with Crippen LogP contribution in [-0.2, 0) is 14.3 Å². The molecule has 2 aliphatic rings. The molecule has 1 saturated carbocycles. The number of ether oxygens (including phenoxy) is 1. The van der Waals surface area contributed by atoms with E-state index in [1.54, 1.807) is 6.92 Å². The zero-order valence-corrected chi connectivity index (χ0v) is 11.9. The fourth-order valence-corrected chi connectivity index (χ4v) is 3.43. The number of hydrogen-bond acceptors (Lipinski definition) is 3. The topological polar surface area (TPSA) is 46.6 Å². The number of fused-ring (bicyclic) bond motifs is 1. The van der Waals surface area contributed by atoms with Crippen LogP contribution in [0.1, 0.15) is 51.9 Å². The molecule has 0 aromatic carbocycles. The van der Waals surface area contributed by atoms with Gasteiger partial charge in [0.2, 0.25) is 5.91 Å². The van der Waals surface area contributed by atoms with Crippen molar-refractivity contribution in [2.45, 2.75) is 51.9 Å². The standard InChI is InChI=1S/C15H25NO3/c1-2-19-15(18)8-7-14(17)16-10-9-12-5-3-4-6-13(12)11-16/h12-13H,2-11H2,1H3/t12-,13-/m1/s1. The lowest BCUT2D eigenvalue weighted by atomic mass is 9.75. The molecule has 2 atom stereocenters. The molecule has 0 unspecified atom stereocenters. The van der Waals surface area contributed by atoms with Crippen LogP contribution in [0.4, 0.5) is 0 Å². The highest BCUT2D eigenvalue weighted by atomic mass is 16.5. The summed E-state index contributed by atoms with van der Waals surface area (Å²) in [6, 6.07) is 0. The number of likely N-dealkylation sites (tertiary alicyclic amines) is 1. The zero-order valence-electron chi connectivity index (χ0n) is 11.9. The largest absolute Gasteiger partial charge is 0.466 e. The van der Waals surface area contributed by atoms with Gasteiger partial charge in [0.1, 0.15) is 0 Å². The number of hydrogen-bond donors (Lipinski definition) is 0. The Kier molecular flexibility index (Phi) is 5.23. The van der Waals surface area contributed by atoms with Gasteiger partial charge in [0.05, 0.1) is 13.0 Å². The van der Waals surface area contributed by atoms with Gasteiger partial charge >= 0.3 is 5.97 Å². The van der Waals surface area contributed by atoms with Gasteiger partial charge in [-0.1, -0.05) is 19.3 Å². The van der Waals surface area contributed by atoms with Crippen LogP contribution < -0.4 is 0 Å². The predicted octanol–water partition coefficient (Wildman–Crippen LogP) is 2.37. The highest BCUT2D eigenvalue weighted by Crippen LogP contribution is 2.36. The average Bonchev–Trinajstić information content (AvgIpc) is 2.44. The van der Waals surface area contributed by atoms with Crippen LogP contribution in [0.3, 0.4) is 0 Å². The van der Waals surface area contributed by atoms with Crippen LogP contribution >= 0.6 is 0 Å². The normalized spacial score (nSPS) is 26.7. The van der Waals surface area contributed by atoms with Crippen molar-refractivity contribution in [3.8, 4) is 0 Å². The van der Waals surface area contributed by atoms with E-state index < -0.39 is 0 Å². The number of amides is 1. The second kappa shape index (κ2) is 6.92. The van der Waals surface area contributed by atoms with Crippen molar-refractivity contribution in [1.29, 1.82) is 0 Å².